The van der Waals surface area contributed by atoms with E-state index in [4.69, 9.17) is 26.5 Å². The molecular formula is C34H42ClF2N3O4Si. The lowest BCUT2D eigenvalue weighted by atomic mass is 9.82. The first-order valence-corrected chi connectivity index (χ1v) is 18.6. The van der Waals surface area contributed by atoms with Gasteiger partial charge in [-0.25, -0.2) is 8.78 Å². The average molecular weight is 658 g/mol. The first-order valence-electron chi connectivity index (χ1n) is 15.3. The highest BCUT2D eigenvalue weighted by atomic mass is 35.5. The fourth-order valence-corrected chi connectivity index (χ4v) is 7.62. The fourth-order valence-electron chi connectivity index (χ4n) is 6.32. The number of carbonyl (C=O) groups excluding carboxylic acids is 1. The second kappa shape index (κ2) is 12.6. The van der Waals surface area contributed by atoms with E-state index >= 15 is 8.78 Å². The molecule has 7 nitrogen and oxygen atoms in total. The molecule has 0 bridgehead atoms. The topological polar surface area (TPSA) is 88.3 Å². The van der Waals surface area contributed by atoms with E-state index in [2.05, 4.69) is 55.8 Å². The van der Waals surface area contributed by atoms with E-state index in [1.54, 1.807) is 0 Å². The molecule has 2 heterocycles. The van der Waals surface area contributed by atoms with E-state index in [1.165, 1.54) is 18.2 Å². The molecule has 3 aromatic rings. The van der Waals surface area contributed by atoms with E-state index in [-0.39, 0.29) is 45.7 Å². The summed E-state index contributed by atoms with van der Waals surface area (Å²) in [5.41, 5.74) is 7.11. The van der Waals surface area contributed by atoms with Gasteiger partial charge in [0.1, 0.15) is 12.4 Å². The summed E-state index contributed by atoms with van der Waals surface area (Å²) >= 11 is 6.67. The van der Waals surface area contributed by atoms with Crippen LogP contribution in [-0.2, 0) is 16.4 Å². The van der Waals surface area contributed by atoms with Crippen LogP contribution in [0.1, 0.15) is 42.3 Å². The lowest BCUT2D eigenvalue weighted by Crippen LogP contribution is -2.59. The Bertz CT molecular complexity index is 1580. The van der Waals surface area contributed by atoms with Crippen molar-refractivity contribution in [2.45, 2.75) is 50.9 Å². The number of ether oxygens (including phenoxy) is 1. The molecule has 0 aliphatic carbocycles. The summed E-state index contributed by atoms with van der Waals surface area (Å²) in [6.45, 7) is 13.9. The van der Waals surface area contributed by atoms with E-state index in [0.29, 0.717) is 37.4 Å². The van der Waals surface area contributed by atoms with Gasteiger partial charge in [0, 0.05) is 56.0 Å². The molecule has 1 unspecified atom stereocenters. The van der Waals surface area contributed by atoms with Crippen LogP contribution in [0.5, 0.6) is 5.75 Å². The molecule has 45 heavy (non-hydrogen) atoms. The van der Waals surface area contributed by atoms with Gasteiger partial charge in [-0.05, 0) is 47.5 Å². The molecule has 0 aromatic heterocycles. The van der Waals surface area contributed by atoms with Crippen molar-refractivity contribution in [1.82, 2.24) is 4.90 Å². The van der Waals surface area contributed by atoms with Gasteiger partial charge in [-0.1, -0.05) is 62.7 Å². The van der Waals surface area contributed by atoms with Gasteiger partial charge in [-0.15, -0.1) is 0 Å². The first kappa shape index (κ1) is 33.3. The molecule has 2 aliphatic rings. The summed E-state index contributed by atoms with van der Waals surface area (Å²) in [6.07, 6.45) is 0.390. The minimum atomic E-state index is -1.93. The third-order valence-electron chi connectivity index (χ3n) is 9.66. The van der Waals surface area contributed by atoms with Crippen molar-refractivity contribution in [3.8, 4) is 16.9 Å². The molecule has 242 valence electrons. The molecule has 1 atom stereocenters. The van der Waals surface area contributed by atoms with Crippen LogP contribution in [-0.4, -0.2) is 70.2 Å². The Morgan fingerprint density at radius 3 is 2.44 bits per heavy atom. The van der Waals surface area contributed by atoms with Crippen LogP contribution in [0.3, 0.4) is 0 Å². The van der Waals surface area contributed by atoms with Gasteiger partial charge in [-0.2, -0.15) is 0 Å². The number of rotatable bonds is 10. The van der Waals surface area contributed by atoms with Crippen molar-refractivity contribution in [2.24, 2.45) is 5.73 Å². The predicted octanol–water partition coefficient (Wildman–Crippen LogP) is 6.35. The minimum absolute atomic E-state index is 0.0879. The number of aliphatic hydroxyl groups excluding tert-OH is 1. The molecule has 1 saturated heterocycles. The maximum atomic E-state index is 16.2. The molecule has 1 fully saturated rings. The number of primary amides is 1. The summed E-state index contributed by atoms with van der Waals surface area (Å²) in [5, 5.41) is 9.06. The molecule has 0 spiro atoms. The number of carbonyl (C=O) groups is 1. The van der Waals surface area contributed by atoms with Gasteiger partial charge in [0.25, 0.3) is 0 Å². The molecule has 5 rings (SSSR count). The SMILES string of the molecule is CC(C)(C)[Si](C)(C)OCCN1CCN2c3cc(F)c(Cl)c(-c4c(C(N)=O)ccc(OCCO)c4F)c3CC2(c2ccccc2)C1. The number of anilines is 1. The molecule has 3 N–H and O–H groups in total. The Morgan fingerprint density at radius 1 is 1.09 bits per heavy atom. The van der Waals surface area contributed by atoms with Crippen LogP contribution in [0.15, 0.2) is 48.5 Å². The van der Waals surface area contributed by atoms with Crippen molar-refractivity contribution in [3.63, 3.8) is 0 Å². The number of fused-ring (bicyclic) bond motifs is 3. The minimum Gasteiger partial charge on any atom is -0.488 e. The van der Waals surface area contributed by atoms with Gasteiger partial charge in [0.2, 0.25) is 5.91 Å². The predicted molar refractivity (Wildman–Crippen MR) is 177 cm³/mol. The molecule has 0 radical (unpaired) electrons. The Labute approximate surface area is 270 Å². The summed E-state index contributed by atoms with van der Waals surface area (Å²) in [4.78, 5) is 17.2. The van der Waals surface area contributed by atoms with Gasteiger partial charge in [-0.3, -0.25) is 9.69 Å². The van der Waals surface area contributed by atoms with E-state index in [1.807, 2.05) is 18.2 Å². The number of nitrogens with two attached hydrogens (primary N) is 1. The number of halogens is 3. The zero-order valence-corrected chi connectivity index (χ0v) is 28.3. The second-order valence-electron chi connectivity index (χ2n) is 13.4. The van der Waals surface area contributed by atoms with Crippen molar-refractivity contribution in [2.75, 3.05) is 50.9 Å². The zero-order chi connectivity index (χ0) is 32.7. The van der Waals surface area contributed by atoms with E-state index in [0.717, 1.165) is 18.7 Å². The standard InChI is InChI=1S/C34H42ClF2N3O4Si/c1-33(2,3)45(4,5)44-17-15-39-13-14-40-26-19-25(36)30(35)28(24(26)20-34(40,21-39)22-9-7-6-8-10-22)29-23(32(38)42)11-12-27(31(29)37)43-18-16-41/h6-12,19,41H,13-18,20-21H2,1-5H3,(H2,38,42). The highest BCUT2D eigenvalue weighted by molar-refractivity contribution is 6.74. The van der Waals surface area contributed by atoms with Crippen LogP contribution in [0.2, 0.25) is 23.2 Å². The van der Waals surface area contributed by atoms with E-state index in [9.17, 15) is 9.90 Å². The first-order chi connectivity index (χ1) is 21.2. The number of aliphatic hydroxyl groups is 1. The molecule has 2 aliphatic heterocycles. The number of hydrogen-bond donors (Lipinski definition) is 2. The smallest absolute Gasteiger partial charge is 0.249 e. The van der Waals surface area contributed by atoms with Gasteiger partial charge in [0.15, 0.2) is 19.9 Å². The van der Waals surface area contributed by atoms with Crippen LogP contribution in [0, 0.1) is 11.6 Å². The zero-order valence-electron chi connectivity index (χ0n) is 26.6. The second-order valence-corrected chi connectivity index (χ2v) is 18.6. The summed E-state index contributed by atoms with van der Waals surface area (Å²) in [6, 6.07) is 14.1. The number of benzene rings is 3. The number of hydrogen-bond acceptors (Lipinski definition) is 6. The summed E-state index contributed by atoms with van der Waals surface area (Å²) < 4.78 is 43.9. The number of amides is 1. The lowest BCUT2D eigenvalue weighted by Gasteiger charge is -2.49. The largest absolute Gasteiger partial charge is 0.488 e. The number of nitrogens with zero attached hydrogens (tertiary/aromatic N) is 2. The molecule has 11 heteroatoms. The normalized spacial score (nSPS) is 18.6. The van der Waals surface area contributed by atoms with Gasteiger partial charge >= 0.3 is 0 Å². The highest BCUT2D eigenvalue weighted by Gasteiger charge is 2.50. The van der Waals surface area contributed by atoms with Gasteiger partial charge in [0.05, 0.1) is 22.7 Å². The van der Waals surface area contributed by atoms with Crippen LogP contribution >= 0.6 is 11.6 Å². The van der Waals surface area contributed by atoms with E-state index < -0.39 is 31.4 Å². The van der Waals surface area contributed by atoms with Crippen LogP contribution < -0.4 is 15.4 Å². The summed E-state index contributed by atoms with van der Waals surface area (Å²) in [5.74, 6) is -2.69. The Hall–Kier alpha value is -3.02. The third-order valence-corrected chi connectivity index (χ3v) is 14.6. The molecule has 3 aromatic carbocycles. The van der Waals surface area contributed by atoms with Crippen LogP contribution in [0.4, 0.5) is 14.5 Å². The van der Waals surface area contributed by atoms with Crippen molar-refractivity contribution >= 4 is 31.5 Å². The monoisotopic (exact) mass is 657 g/mol. The number of piperazine rings is 1. The average Bonchev–Trinajstić information content (AvgIpc) is 3.31. The lowest BCUT2D eigenvalue weighted by molar-refractivity contribution is 0.100. The summed E-state index contributed by atoms with van der Waals surface area (Å²) in [7, 11) is -1.93. The maximum absolute atomic E-state index is 16.2. The van der Waals surface area contributed by atoms with Crippen LogP contribution in [0.25, 0.3) is 11.1 Å². The molecular weight excluding hydrogens is 616 g/mol. The Morgan fingerprint density at radius 2 is 1.80 bits per heavy atom. The highest BCUT2D eigenvalue weighted by Crippen LogP contribution is 2.53. The Balaban J connectivity index is 1.61. The maximum Gasteiger partial charge on any atom is 0.249 e. The quantitative estimate of drug-likeness (QED) is 0.247. The van der Waals surface area contributed by atoms with Gasteiger partial charge < -0.3 is 24.9 Å². The van der Waals surface area contributed by atoms with Crippen molar-refractivity contribution in [1.29, 1.82) is 0 Å². The molecule has 0 saturated carbocycles. The molecule has 1 amide bonds. The fraction of sp³-hybridized carbons (Fsp3) is 0.441. The van der Waals surface area contributed by atoms with Crippen molar-refractivity contribution < 1.29 is 27.8 Å². The third kappa shape index (κ3) is 6.11. The Kier molecular flexibility index (Phi) is 9.37. The van der Waals surface area contributed by atoms with Crippen molar-refractivity contribution in [3.05, 3.63) is 81.9 Å².